The van der Waals surface area contributed by atoms with E-state index >= 15 is 0 Å². The largest absolute Gasteiger partial charge is 0.495 e. The van der Waals surface area contributed by atoms with Crippen molar-refractivity contribution in [3.05, 3.63) is 50.9 Å². The minimum absolute atomic E-state index is 0.0322. The fraction of sp³-hybridized carbons (Fsp3) is 0.316. The lowest BCUT2D eigenvalue weighted by atomic mass is 10.1. The SMILES string of the molecule is COc1c(Br)cc(Br)cc1CNc1cccc(NC(=O)CC(C)C)c1. The Hall–Kier alpha value is -1.53. The summed E-state index contributed by atoms with van der Waals surface area (Å²) in [5.41, 5.74) is 2.75. The molecular weight excluding hydrogens is 448 g/mol. The number of benzene rings is 2. The number of methoxy groups -OCH3 is 1. The molecule has 0 saturated heterocycles. The van der Waals surface area contributed by atoms with Crippen molar-refractivity contribution in [2.45, 2.75) is 26.8 Å². The first-order valence-corrected chi connectivity index (χ1v) is 9.63. The lowest BCUT2D eigenvalue weighted by Crippen LogP contribution is -2.14. The van der Waals surface area contributed by atoms with E-state index < -0.39 is 0 Å². The second-order valence-electron chi connectivity index (χ2n) is 6.16. The molecule has 134 valence electrons. The molecule has 1 amide bonds. The molecule has 0 unspecified atom stereocenters. The Labute approximate surface area is 165 Å². The number of hydrogen-bond acceptors (Lipinski definition) is 3. The number of ether oxygens (including phenoxy) is 1. The molecule has 0 aliphatic heterocycles. The Balaban J connectivity index is 2.07. The number of halogens is 2. The van der Waals surface area contributed by atoms with Gasteiger partial charge in [0.1, 0.15) is 5.75 Å². The van der Waals surface area contributed by atoms with E-state index in [2.05, 4.69) is 42.5 Å². The molecule has 0 saturated carbocycles. The molecule has 0 spiro atoms. The third kappa shape index (κ3) is 6.04. The van der Waals surface area contributed by atoms with Crippen LogP contribution < -0.4 is 15.4 Å². The molecule has 0 aliphatic carbocycles. The maximum absolute atomic E-state index is 11.9. The van der Waals surface area contributed by atoms with Crippen molar-refractivity contribution >= 4 is 49.1 Å². The van der Waals surface area contributed by atoms with E-state index in [1.807, 2.05) is 50.2 Å². The van der Waals surface area contributed by atoms with E-state index in [4.69, 9.17) is 4.74 Å². The molecule has 25 heavy (non-hydrogen) atoms. The van der Waals surface area contributed by atoms with Crippen molar-refractivity contribution in [3.63, 3.8) is 0 Å². The molecule has 0 bridgehead atoms. The molecule has 2 rings (SSSR count). The van der Waals surface area contributed by atoms with Gasteiger partial charge in [-0.15, -0.1) is 0 Å². The van der Waals surface area contributed by atoms with Gasteiger partial charge in [0.15, 0.2) is 0 Å². The summed E-state index contributed by atoms with van der Waals surface area (Å²) in [6.45, 7) is 4.66. The zero-order valence-electron chi connectivity index (χ0n) is 14.5. The highest BCUT2D eigenvalue weighted by atomic mass is 79.9. The lowest BCUT2D eigenvalue weighted by Gasteiger charge is -2.14. The van der Waals surface area contributed by atoms with Gasteiger partial charge in [0, 0.05) is 34.4 Å². The number of anilines is 2. The van der Waals surface area contributed by atoms with Crippen LogP contribution in [0, 0.1) is 5.92 Å². The maximum Gasteiger partial charge on any atom is 0.224 e. The summed E-state index contributed by atoms with van der Waals surface area (Å²) < 4.78 is 7.35. The van der Waals surface area contributed by atoms with E-state index in [-0.39, 0.29) is 5.91 Å². The van der Waals surface area contributed by atoms with Crippen molar-refractivity contribution in [2.75, 3.05) is 17.7 Å². The zero-order valence-corrected chi connectivity index (χ0v) is 17.7. The molecule has 2 aromatic carbocycles. The van der Waals surface area contributed by atoms with E-state index in [0.29, 0.717) is 18.9 Å². The quantitative estimate of drug-likeness (QED) is 0.537. The predicted molar refractivity (Wildman–Crippen MR) is 110 cm³/mol. The zero-order chi connectivity index (χ0) is 18.4. The number of hydrogen-bond donors (Lipinski definition) is 2. The lowest BCUT2D eigenvalue weighted by molar-refractivity contribution is -0.116. The fourth-order valence-electron chi connectivity index (χ4n) is 2.46. The second-order valence-corrected chi connectivity index (χ2v) is 7.93. The van der Waals surface area contributed by atoms with Gasteiger partial charge < -0.3 is 15.4 Å². The van der Waals surface area contributed by atoms with Crippen LogP contribution in [0.2, 0.25) is 0 Å². The third-order valence-corrected chi connectivity index (χ3v) is 4.56. The van der Waals surface area contributed by atoms with Crippen molar-refractivity contribution in [1.82, 2.24) is 0 Å². The van der Waals surface area contributed by atoms with Gasteiger partial charge in [-0.05, 0) is 52.2 Å². The van der Waals surface area contributed by atoms with Crippen LogP contribution >= 0.6 is 31.9 Å². The summed E-state index contributed by atoms with van der Waals surface area (Å²) in [6.07, 6.45) is 0.515. The highest BCUT2D eigenvalue weighted by molar-refractivity contribution is 9.11. The molecule has 2 N–H and O–H groups in total. The third-order valence-electron chi connectivity index (χ3n) is 3.51. The van der Waals surface area contributed by atoms with Crippen LogP contribution in [0.5, 0.6) is 5.75 Å². The summed E-state index contributed by atoms with van der Waals surface area (Å²) in [6, 6.07) is 11.7. The number of nitrogens with one attached hydrogen (secondary N) is 2. The monoisotopic (exact) mass is 468 g/mol. The molecule has 0 atom stereocenters. The van der Waals surface area contributed by atoms with Crippen LogP contribution in [0.3, 0.4) is 0 Å². The van der Waals surface area contributed by atoms with Gasteiger partial charge in [0.2, 0.25) is 5.91 Å². The van der Waals surface area contributed by atoms with Crippen LogP contribution in [-0.2, 0) is 11.3 Å². The topological polar surface area (TPSA) is 50.4 Å². The van der Waals surface area contributed by atoms with Crippen LogP contribution in [0.15, 0.2) is 45.3 Å². The Bertz CT molecular complexity index is 748. The van der Waals surface area contributed by atoms with Crippen molar-refractivity contribution in [2.24, 2.45) is 5.92 Å². The number of carbonyl (C=O) groups excluding carboxylic acids is 1. The molecule has 0 heterocycles. The van der Waals surface area contributed by atoms with Crippen LogP contribution in [-0.4, -0.2) is 13.0 Å². The van der Waals surface area contributed by atoms with E-state index in [9.17, 15) is 4.79 Å². The smallest absolute Gasteiger partial charge is 0.224 e. The summed E-state index contributed by atoms with van der Waals surface area (Å²) in [5.74, 6) is 1.17. The number of carbonyl (C=O) groups is 1. The van der Waals surface area contributed by atoms with Gasteiger partial charge in [0.25, 0.3) is 0 Å². The average Bonchev–Trinajstić information content (AvgIpc) is 2.52. The van der Waals surface area contributed by atoms with Gasteiger partial charge in [-0.2, -0.15) is 0 Å². The van der Waals surface area contributed by atoms with E-state index in [1.54, 1.807) is 7.11 Å². The van der Waals surface area contributed by atoms with Crippen LogP contribution in [0.4, 0.5) is 11.4 Å². The minimum Gasteiger partial charge on any atom is -0.495 e. The predicted octanol–water partition coefficient (Wildman–Crippen LogP) is 5.82. The van der Waals surface area contributed by atoms with Gasteiger partial charge in [-0.25, -0.2) is 0 Å². The molecular formula is C19H22Br2N2O2. The summed E-state index contributed by atoms with van der Waals surface area (Å²) in [7, 11) is 1.66. The average molecular weight is 470 g/mol. The first-order valence-electron chi connectivity index (χ1n) is 8.04. The molecule has 0 aliphatic rings. The highest BCUT2D eigenvalue weighted by Gasteiger charge is 2.10. The first-order chi connectivity index (χ1) is 11.9. The Kier molecular flexibility index (Phi) is 7.32. The van der Waals surface area contributed by atoms with Gasteiger partial charge in [-0.1, -0.05) is 35.8 Å². The Morgan fingerprint density at radius 2 is 1.88 bits per heavy atom. The van der Waals surface area contributed by atoms with Gasteiger partial charge >= 0.3 is 0 Å². The van der Waals surface area contributed by atoms with Crippen molar-refractivity contribution in [1.29, 1.82) is 0 Å². The first kappa shape index (κ1) is 19.8. The molecule has 0 fully saturated rings. The Morgan fingerprint density at radius 3 is 2.56 bits per heavy atom. The standard InChI is InChI=1S/C19H22Br2N2O2/c1-12(2)7-18(24)23-16-6-4-5-15(10-16)22-11-13-8-14(20)9-17(21)19(13)25-3/h4-6,8-10,12,22H,7,11H2,1-3H3,(H,23,24). The number of amides is 1. The summed E-state index contributed by atoms with van der Waals surface area (Å²) in [4.78, 5) is 11.9. The highest BCUT2D eigenvalue weighted by Crippen LogP contribution is 2.33. The molecule has 0 radical (unpaired) electrons. The van der Waals surface area contributed by atoms with E-state index in [0.717, 1.165) is 31.6 Å². The minimum atomic E-state index is 0.0322. The van der Waals surface area contributed by atoms with E-state index in [1.165, 1.54) is 0 Å². The molecule has 2 aromatic rings. The van der Waals surface area contributed by atoms with Crippen molar-refractivity contribution < 1.29 is 9.53 Å². The number of rotatable bonds is 7. The van der Waals surface area contributed by atoms with Gasteiger partial charge in [0.05, 0.1) is 11.6 Å². The van der Waals surface area contributed by atoms with Crippen molar-refractivity contribution in [3.8, 4) is 5.75 Å². The Morgan fingerprint density at radius 1 is 1.16 bits per heavy atom. The van der Waals surface area contributed by atoms with Crippen LogP contribution in [0.1, 0.15) is 25.8 Å². The normalized spacial score (nSPS) is 10.6. The summed E-state index contributed by atoms with van der Waals surface area (Å²) >= 11 is 7.01. The molecule has 4 nitrogen and oxygen atoms in total. The second kappa shape index (κ2) is 9.25. The van der Waals surface area contributed by atoms with Gasteiger partial charge in [-0.3, -0.25) is 4.79 Å². The maximum atomic E-state index is 11.9. The van der Waals surface area contributed by atoms with Crippen LogP contribution in [0.25, 0.3) is 0 Å². The molecule has 6 heteroatoms. The summed E-state index contributed by atoms with van der Waals surface area (Å²) in [5, 5.41) is 6.31. The molecule has 0 aromatic heterocycles. The fourth-order valence-corrected chi connectivity index (χ4v) is 3.94.